The summed E-state index contributed by atoms with van der Waals surface area (Å²) in [6, 6.07) is 34.4. The van der Waals surface area contributed by atoms with Gasteiger partial charge in [-0.15, -0.1) is 0 Å². The van der Waals surface area contributed by atoms with E-state index < -0.39 is 16.9 Å². The highest BCUT2D eigenvalue weighted by atomic mass is 32.2. The first kappa shape index (κ1) is 38.3. The van der Waals surface area contributed by atoms with Crippen molar-refractivity contribution < 1.29 is 24.0 Å². The van der Waals surface area contributed by atoms with E-state index in [2.05, 4.69) is 65.6 Å². The summed E-state index contributed by atoms with van der Waals surface area (Å²) in [5.74, 6) is 0.674. The molecule has 2 aliphatic heterocycles. The molecule has 2 heterocycles. The van der Waals surface area contributed by atoms with Crippen molar-refractivity contribution in [1.82, 2.24) is 14.9 Å². The topological polar surface area (TPSA) is 118 Å². The summed E-state index contributed by atoms with van der Waals surface area (Å²) < 4.78 is 10.6. The second kappa shape index (κ2) is 17.6. The monoisotopic (exact) mass is 747 g/mol. The van der Waals surface area contributed by atoms with Crippen LogP contribution in [0.5, 0.6) is 5.75 Å². The third-order valence-electron chi connectivity index (χ3n) is 10.3. The number of esters is 1. The standard InChI is InChI=1S/C42H45N5O6S/c1-31-38(40(49)53-3)39(33-17-19-36(20-18-33)47(50)51)46(41(43-31)54-29-32-15-21-37(52-2)22-16-32)45(30-48)26-10-25-44-27-23-42(24-28-44,34-11-6-4-7-12-34)35-13-8-5-9-14-35/h4-9,11-22,30,39H,10,23-29H2,1-3H3. The second-order valence-corrected chi connectivity index (χ2v) is 14.3. The Hall–Kier alpha value is -5.46. The first-order chi connectivity index (χ1) is 26.3. The number of hydrazine groups is 1. The summed E-state index contributed by atoms with van der Waals surface area (Å²) in [4.78, 5) is 44.9. The van der Waals surface area contributed by atoms with E-state index in [0.29, 0.717) is 35.1 Å². The number of nitro benzene ring substituents is 1. The van der Waals surface area contributed by atoms with Crippen molar-refractivity contribution in [3.63, 3.8) is 0 Å². The fourth-order valence-corrected chi connectivity index (χ4v) is 8.48. The lowest BCUT2D eigenvalue weighted by atomic mass is 9.68. The molecule has 0 spiro atoms. The Morgan fingerprint density at radius 2 is 1.56 bits per heavy atom. The number of methoxy groups -OCH3 is 2. The largest absolute Gasteiger partial charge is 0.497 e. The van der Waals surface area contributed by atoms with Crippen LogP contribution in [-0.2, 0) is 25.5 Å². The van der Waals surface area contributed by atoms with Crippen molar-refractivity contribution in [3.8, 4) is 5.75 Å². The van der Waals surface area contributed by atoms with E-state index in [1.54, 1.807) is 36.2 Å². The van der Waals surface area contributed by atoms with E-state index in [-0.39, 0.29) is 16.7 Å². The normalized spacial score (nSPS) is 17.1. The van der Waals surface area contributed by atoms with Gasteiger partial charge in [-0.2, -0.15) is 0 Å². The number of allylic oxidation sites excluding steroid dienone is 1. The second-order valence-electron chi connectivity index (χ2n) is 13.4. The third kappa shape index (κ3) is 8.35. The van der Waals surface area contributed by atoms with Gasteiger partial charge in [0.1, 0.15) is 11.8 Å². The van der Waals surface area contributed by atoms with E-state index in [9.17, 15) is 19.7 Å². The third-order valence-corrected chi connectivity index (χ3v) is 11.4. The zero-order valence-electron chi connectivity index (χ0n) is 30.8. The lowest BCUT2D eigenvalue weighted by Crippen LogP contribution is -2.51. The van der Waals surface area contributed by atoms with Gasteiger partial charge in [-0.1, -0.05) is 84.6 Å². The number of carbonyl (C=O) groups is 2. The average molecular weight is 748 g/mol. The zero-order valence-corrected chi connectivity index (χ0v) is 31.6. The SMILES string of the molecule is COC(=O)C1=C(C)N=C(SCc2ccc(OC)cc2)N(N(C=O)CCCN2CCC(c3ccccc3)(c3ccccc3)CC2)C1c1ccc([N+](=O)[O-])cc1. The number of piperidine rings is 1. The van der Waals surface area contributed by atoms with Gasteiger partial charge in [0.15, 0.2) is 5.17 Å². The van der Waals surface area contributed by atoms with Crippen LogP contribution >= 0.6 is 11.8 Å². The van der Waals surface area contributed by atoms with Crippen LogP contribution in [0.4, 0.5) is 5.69 Å². The van der Waals surface area contributed by atoms with E-state index in [4.69, 9.17) is 14.5 Å². The number of aliphatic imine (C=N–C) groups is 1. The van der Waals surface area contributed by atoms with E-state index >= 15 is 0 Å². The first-order valence-corrected chi connectivity index (χ1v) is 19.0. The fourth-order valence-electron chi connectivity index (χ4n) is 7.45. The Balaban J connectivity index is 1.25. The highest BCUT2D eigenvalue weighted by Crippen LogP contribution is 2.42. The maximum Gasteiger partial charge on any atom is 0.338 e. The summed E-state index contributed by atoms with van der Waals surface area (Å²) in [5.41, 5.74) is 4.80. The van der Waals surface area contributed by atoms with Crippen molar-refractivity contribution in [2.45, 2.75) is 43.4 Å². The zero-order chi connectivity index (χ0) is 38.1. The lowest BCUT2D eigenvalue weighted by molar-refractivity contribution is -0.384. The van der Waals surface area contributed by atoms with Crippen LogP contribution in [0.15, 0.2) is 125 Å². The van der Waals surface area contributed by atoms with Crippen molar-refractivity contribution in [2.24, 2.45) is 4.99 Å². The molecule has 0 saturated carbocycles. The molecule has 1 atom stereocenters. The molecule has 1 amide bonds. The van der Waals surface area contributed by atoms with Gasteiger partial charge in [0, 0.05) is 29.8 Å². The van der Waals surface area contributed by atoms with Crippen LogP contribution in [0.2, 0.25) is 0 Å². The summed E-state index contributed by atoms with van der Waals surface area (Å²) in [5, 5.41) is 15.4. The number of rotatable bonds is 14. The fraction of sp³-hybridized carbons (Fsp3) is 0.310. The smallest absolute Gasteiger partial charge is 0.338 e. The maximum absolute atomic E-state index is 13.4. The average Bonchev–Trinajstić information content (AvgIpc) is 3.22. The summed E-state index contributed by atoms with van der Waals surface area (Å²) in [6.07, 6.45) is 3.37. The quantitative estimate of drug-likeness (QED) is 0.0558. The molecule has 0 radical (unpaired) electrons. The van der Waals surface area contributed by atoms with Gasteiger partial charge in [-0.05, 0) is 92.3 Å². The predicted molar refractivity (Wildman–Crippen MR) is 211 cm³/mol. The van der Waals surface area contributed by atoms with Gasteiger partial charge >= 0.3 is 5.97 Å². The number of thioether (sulfide) groups is 1. The molecule has 1 unspecified atom stereocenters. The van der Waals surface area contributed by atoms with Crippen LogP contribution in [0.1, 0.15) is 54.5 Å². The lowest BCUT2D eigenvalue weighted by Gasteiger charge is -2.44. The Morgan fingerprint density at radius 3 is 2.09 bits per heavy atom. The molecule has 280 valence electrons. The number of likely N-dealkylation sites (tertiary alicyclic amines) is 1. The van der Waals surface area contributed by atoms with Gasteiger partial charge < -0.3 is 14.4 Å². The van der Waals surface area contributed by atoms with Crippen molar-refractivity contribution in [3.05, 3.63) is 153 Å². The van der Waals surface area contributed by atoms with Gasteiger partial charge in [-0.25, -0.2) is 14.8 Å². The maximum atomic E-state index is 13.4. The van der Waals surface area contributed by atoms with Gasteiger partial charge in [0.2, 0.25) is 6.41 Å². The van der Waals surface area contributed by atoms with Crippen molar-refractivity contribution in [2.75, 3.05) is 40.4 Å². The molecule has 2 aliphatic rings. The number of non-ortho nitro benzene ring substituents is 1. The molecule has 0 N–H and O–H groups in total. The number of hydrogen-bond donors (Lipinski definition) is 0. The first-order valence-electron chi connectivity index (χ1n) is 18.0. The molecule has 6 rings (SSSR count). The molecule has 0 aromatic heterocycles. The minimum Gasteiger partial charge on any atom is -0.497 e. The molecule has 0 aliphatic carbocycles. The molecular weight excluding hydrogens is 703 g/mol. The van der Waals surface area contributed by atoms with Gasteiger partial charge in [0.05, 0.1) is 30.4 Å². The van der Waals surface area contributed by atoms with Gasteiger partial charge in [0.25, 0.3) is 5.69 Å². The number of nitrogens with zero attached hydrogens (tertiary/aromatic N) is 5. The van der Waals surface area contributed by atoms with Gasteiger partial charge in [-0.3, -0.25) is 19.9 Å². The molecule has 11 nitrogen and oxygen atoms in total. The Bertz CT molecular complexity index is 1920. The molecule has 4 aromatic carbocycles. The molecule has 1 saturated heterocycles. The summed E-state index contributed by atoms with van der Waals surface area (Å²) in [7, 11) is 2.92. The molecule has 4 aromatic rings. The van der Waals surface area contributed by atoms with Crippen molar-refractivity contribution in [1.29, 1.82) is 0 Å². The van der Waals surface area contributed by atoms with Crippen molar-refractivity contribution >= 4 is 35.0 Å². The number of nitro groups is 1. The Kier molecular flexibility index (Phi) is 12.5. The number of amides is 1. The minimum atomic E-state index is -0.827. The van der Waals surface area contributed by atoms with Crippen LogP contribution < -0.4 is 4.74 Å². The van der Waals surface area contributed by atoms with Crippen LogP contribution in [0.3, 0.4) is 0 Å². The van der Waals surface area contributed by atoms with Crippen LogP contribution in [0.25, 0.3) is 0 Å². The summed E-state index contributed by atoms with van der Waals surface area (Å²) >= 11 is 1.43. The Labute approximate surface area is 320 Å². The highest BCUT2D eigenvalue weighted by Gasteiger charge is 2.41. The number of hydrogen-bond acceptors (Lipinski definition) is 10. The van der Waals surface area contributed by atoms with E-state index in [0.717, 1.165) is 50.2 Å². The minimum absolute atomic E-state index is 0.0689. The molecule has 12 heteroatoms. The van der Waals surface area contributed by atoms with Crippen LogP contribution in [-0.4, -0.2) is 77.8 Å². The number of benzene rings is 4. The molecule has 1 fully saturated rings. The predicted octanol–water partition coefficient (Wildman–Crippen LogP) is 7.54. The Morgan fingerprint density at radius 1 is 0.944 bits per heavy atom. The number of amidine groups is 1. The number of carbonyl (C=O) groups excluding carboxylic acids is 2. The molecule has 0 bridgehead atoms. The highest BCUT2D eigenvalue weighted by molar-refractivity contribution is 8.13. The number of ether oxygens (including phenoxy) is 2. The van der Waals surface area contributed by atoms with Crippen LogP contribution in [0, 0.1) is 10.1 Å². The summed E-state index contributed by atoms with van der Waals surface area (Å²) in [6.45, 7) is 4.66. The molecular formula is C42H45N5O6S. The molecule has 54 heavy (non-hydrogen) atoms. The van der Waals surface area contributed by atoms with E-state index in [1.807, 2.05) is 24.3 Å². The van der Waals surface area contributed by atoms with E-state index in [1.165, 1.54) is 42.1 Å².